The van der Waals surface area contributed by atoms with E-state index in [1.807, 2.05) is 37.3 Å². The Morgan fingerprint density at radius 2 is 2.00 bits per heavy atom. The minimum absolute atomic E-state index is 0.147. The van der Waals surface area contributed by atoms with E-state index in [4.69, 9.17) is 5.73 Å². The van der Waals surface area contributed by atoms with Crippen molar-refractivity contribution in [2.45, 2.75) is 19.9 Å². The van der Waals surface area contributed by atoms with Crippen molar-refractivity contribution >= 4 is 17.3 Å². The molecular formula is C13H19N3O. The summed E-state index contributed by atoms with van der Waals surface area (Å²) in [7, 11) is 1.72. The fourth-order valence-electron chi connectivity index (χ4n) is 1.51. The molecule has 1 amide bonds. The number of nitrogens with two attached hydrogens (primary N) is 1. The van der Waals surface area contributed by atoms with E-state index in [0.717, 1.165) is 5.69 Å². The number of likely N-dealkylation sites (N-methyl/N-ethyl adjacent to an activating group) is 1. The molecule has 1 unspecified atom stereocenters. The highest BCUT2D eigenvalue weighted by Gasteiger charge is 2.21. The molecule has 0 bridgehead atoms. The van der Waals surface area contributed by atoms with Crippen LogP contribution in [0.1, 0.15) is 13.8 Å². The molecule has 0 saturated heterocycles. The van der Waals surface area contributed by atoms with Gasteiger partial charge in [-0.3, -0.25) is 9.79 Å². The summed E-state index contributed by atoms with van der Waals surface area (Å²) in [6.45, 7) is 4.34. The predicted octanol–water partition coefficient (Wildman–Crippen LogP) is 1.46. The monoisotopic (exact) mass is 233 g/mol. The summed E-state index contributed by atoms with van der Waals surface area (Å²) in [6, 6.07) is 8.76. The predicted molar refractivity (Wildman–Crippen MR) is 71.5 cm³/mol. The van der Waals surface area contributed by atoms with Crippen molar-refractivity contribution in [3.63, 3.8) is 0 Å². The highest BCUT2D eigenvalue weighted by Crippen LogP contribution is 2.12. The molecule has 4 heteroatoms. The van der Waals surface area contributed by atoms with Gasteiger partial charge in [0.25, 0.3) is 0 Å². The van der Waals surface area contributed by atoms with Crippen LogP contribution in [0.25, 0.3) is 0 Å². The van der Waals surface area contributed by atoms with Gasteiger partial charge in [-0.25, -0.2) is 0 Å². The normalized spacial score (nSPS) is 13.3. The minimum atomic E-state index is -0.667. The van der Waals surface area contributed by atoms with Crippen LogP contribution in [0.5, 0.6) is 0 Å². The number of carbonyl (C=O) groups is 1. The lowest BCUT2D eigenvalue weighted by Crippen LogP contribution is -2.46. The molecule has 1 aromatic rings. The number of amides is 1. The van der Waals surface area contributed by atoms with E-state index in [0.29, 0.717) is 12.3 Å². The summed E-state index contributed by atoms with van der Waals surface area (Å²) in [5.74, 6) is -0.147. The molecule has 0 aromatic heterocycles. The molecule has 1 aromatic carbocycles. The highest BCUT2D eigenvalue weighted by atomic mass is 16.2. The zero-order valence-electron chi connectivity index (χ0n) is 10.6. The summed E-state index contributed by atoms with van der Waals surface area (Å²) in [5.41, 5.74) is 7.36. The van der Waals surface area contributed by atoms with Crippen LogP contribution >= 0.6 is 0 Å². The van der Waals surface area contributed by atoms with Crippen LogP contribution < -0.4 is 10.6 Å². The first-order valence-corrected chi connectivity index (χ1v) is 5.67. The van der Waals surface area contributed by atoms with E-state index in [1.165, 1.54) is 0 Å². The first-order chi connectivity index (χ1) is 8.07. The largest absolute Gasteiger partial charge is 0.315 e. The van der Waals surface area contributed by atoms with Gasteiger partial charge in [0, 0.05) is 25.0 Å². The molecule has 0 aliphatic carbocycles. The Labute approximate surface area is 102 Å². The van der Waals surface area contributed by atoms with E-state index in [2.05, 4.69) is 4.99 Å². The van der Waals surface area contributed by atoms with Crippen LogP contribution in [0.15, 0.2) is 35.3 Å². The zero-order valence-corrected chi connectivity index (χ0v) is 10.6. The molecule has 0 aliphatic heterocycles. The minimum Gasteiger partial charge on any atom is -0.315 e. The summed E-state index contributed by atoms with van der Waals surface area (Å²) < 4.78 is 0. The topological polar surface area (TPSA) is 58.7 Å². The first-order valence-electron chi connectivity index (χ1n) is 5.67. The Morgan fingerprint density at radius 3 is 2.53 bits per heavy atom. The van der Waals surface area contributed by atoms with Gasteiger partial charge in [0.15, 0.2) is 0 Å². The van der Waals surface area contributed by atoms with Crippen LogP contribution in [0.2, 0.25) is 0 Å². The molecule has 17 heavy (non-hydrogen) atoms. The number of para-hydroxylation sites is 1. The molecule has 2 N–H and O–H groups in total. The molecule has 0 fully saturated rings. The second kappa shape index (κ2) is 6.15. The standard InChI is InChI=1S/C13H19N3O/c1-4-15-10(2)12(14)13(17)16(3)11-8-6-5-7-9-11/h5-9,12H,4,14H2,1-3H3/b15-10+. The van der Waals surface area contributed by atoms with Crippen molar-refractivity contribution in [2.24, 2.45) is 10.7 Å². The molecule has 4 nitrogen and oxygen atoms in total. The smallest absolute Gasteiger partial charge is 0.249 e. The maximum atomic E-state index is 12.1. The summed E-state index contributed by atoms with van der Waals surface area (Å²) in [4.78, 5) is 17.8. The summed E-state index contributed by atoms with van der Waals surface area (Å²) in [5, 5.41) is 0. The molecule has 1 atom stereocenters. The van der Waals surface area contributed by atoms with Gasteiger partial charge in [0.2, 0.25) is 5.91 Å². The second-order valence-corrected chi connectivity index (χ2v) is 3.83. The van der Waals surface area contributed by atoms with E-state index >= 15 is 0 Å². The molecule has 0 heterocycles. The number of rotatable bonds is 4. The maximum absolute atomic E-state index is 12.1. The number of carbonyl (C=O) groups excluding carboxylic acids is 1. The molecule has 1 rings (SSSR count). The third-order valence-corrected chi connectivity index (χ3v) is 2.60. The number of anilines is 1. The van der Waals surface area contributed by atoms with Crippen molar-refractivity contribution < 1.29 is 4.79 Å². The number of nitrogens with zero attached hydrogens (tertiary/aromatic N) is 2. The lowest BCUT2D eigenvalue weighted by atomic mass is 10.1. The number of hydrogen-bond acceptors (Lipinski definition) is 3. The van der Waals surface area contributed by atoms with Crippen molar-refractivity contribution in [1.82, 2.24) is 0 Å². The summed E-state index contributed by atoms with van der Waals surface area (Å²) >= 11 is 0. The zero-order chi connectivity index (χ0) is 12.8. The SMILES string of the molecule is CC/N=C(\C)C(N)C(=O)N(C)c1ccccc1. The van der Waals surface area contributed by atoms with Crippen molar-refractivity contribution in [3.05, 3.63) is 30.3 Å². The molecule has 92 valence electrons. The number of benzene rings is 1. The first kappa shape index (κ1) is 13.4. The van der Waals surface area contributed by atoms with Crippen LogP contribution in [0, 0.1) is 0 Å². The molecule has 0 spiro atoms. The van der Waals surface area contributed by atoms with Crippen molar-refractivity contribution in [3.8, 4) is 0 Å². The van der Waals surface area contributed by atoms with E-state index in [-0.39, 0.29) is 5.91 Å². The lowest BCUT2D eigenvalue weighted by molar-refractivity contribution is -0.118. The van der Waals surface area contributed by atoms with Gasteiger partial charge in [-0.1, -0.05) is 18.2 Å². The summed E-state index contributed by atoms with van der Waals surface area (Å²) in [6.07, 6.45) is 0. The quantitative estimate of drug-likeness (QED) is 0.800. The van der Waals surface area contributed by atoms with Crippen LogP contribution in [0.3, 0.4) is 0 Å². The van der Waals surface area contributed by atoms with Crippen LogP contribution in [-0.2, 0) is 4.79 Å². The van der Waals surface area contributed by atoms with Crippen molar-refractivity contribution in [1.29, 1.82) is 0 Å². The van der Waals surface area contributed by atoms with Gasteiger partial charge in [-0.15, -0.1) is 0 Å². The molecule has 0 aliphatic rings. The van der Waals surface area contributed by atoms with Gasteiger partial charge in [0.1, 0.15) is 6.04 Å². The Hall–Kier alpha value is -1.68. The Bertz CT molecular complexity index is 400. The number of hydrogen-bond donors (Lipinski definition) is 1. The fourth-order valence-corrected chi connectivity index (χ4v) is 1.51. The molecule has 0 saturated carbocycles. The van der Waals surface area contributed by atoms with E-state index in [9.17, 15) is 4.79 Å². The molecular weight excluding hydrogens is 214 g/mol. The number of aliphatic imine (C=N–C) groups is 1. The fraction of sp³-hybridized carbons (Fsp3) is 0.385. The van der Waals surface area contributed by atoms with E-state index in [1.54, 1.807) is 18.9 Å². The highest BCUT2D eigenvalue weighted by molar-refractivity contribution is 6.12. The maximum Gasteiger partial charge on any atom is 0.249 e. The van der Waals surface area contributed by atoms with Crippen molar-refractivity contribution in [2.75, 3.05) is 18.5 Å². The van der Waals surface area contributed by atoms with Gasteiger partial charge in [-0.05, 0) is 26.0 Å². The average Bonchev–Trinajstić information content (AvgIpc) is 2.37. The van der Waals surface area contributed by atoms with Crippen LogP contribution in [0.4, 0.5) is 5.69 Å². The molecule has 0 radical (unpaired) electrons. The van der Waals surface area contributed by atoms with Gasteiger partial charge in [-0.2, -0.15) is 0 Å². The van der Waals surface area contributed by atoms with E-state index < -0.39 is 6.04 Å². The Balaban J connectivity index is 2.80. The third-order valence-electron chi connectivity index (χ3n) is 2.60. The Morgan fingerprint density at radius 1 is 1.41 bits per heavy atom. The van der Waals surface area contributed by atoms with Gasteiger partial charge < -0.3 is 10.6 Å². The average molecular weight is 233 g/mol. The van der Waals surface area contributed by atoms with Gasteiger partial charge >= 0.3 is 0 Å². The second-order valence-electron chi connectivity index (χ2n) is 3.83. The van der Waals surface area contributed by atoms with Crippen LogP contribution in [-0.4, -0.2) is 31.3 Å². The Kier molecular flexibility index (Phi) is 4.84. The lowest BCUT2D eigenvalue weighted by Gasteiger charge is -2.21. The third kappa shape index (κ3) is 3.39. The van der Waals surface area contributed by atoms with Gasteiger partial charge in [0.05, 0.1) is 0 Å².